The number of methoxy groups -OCH3 is 1. The van der Waals surface area contributed by atoms with Crippen molar-refractivity contribution < 1.29 is 27.6 Å². The van der Waals surface area contributed by atoms with Gasteiger partial charge >= 0.3 is 6.61 Å². The van der Waals surface area contributed by atoms with Gasteiger partial charge in [0, 0.05) is 5.56 Å². The molecule has 2 heterocycles. The third-order valence-electron chi connectivity index (χ3n) is 3.90. The highest BCUT2D eigenvalue weighted by molar-refractivity contribution is 5.85. The first-order chi connectivity index (χ1) is 12.6. The molecule has 3 rings (SSSR count). The number of hydrogen-bond donors (Lipinski definition) is 2. The molecule has 2 N–H and O–H groups in total. The van der Waals surface area contributed by atoms with E-state index in [1.807, 2.05) is 0 Å². The monoisotopic (exact) mass is 404 g/mol. The predicted octanol–water partition coefficient (Wildman–Crippen LogP) is 2.14. The Kier molecular flexibility index (Phi) is 7.31. The summed E-state index contributed by atoms with van der Waals surface area (Å²) in [7, 11) is 1.34. The molecule has 0 radical (unpaired) electrons. The average molecular weight is 405 g/mol. The Labute approximate surface area is 160 Å². The van der Waals surface area contributed by atoms with Crippen LogP contribution in [0.15, 0.2) is 22.7 Å². The Hall–Kier alpha value is -2.46. The number of nitrogens with zero attached hydrogens (tertiary/aromatic N) is 2. The van der Waals surface area contributed by atoms with Gasteiger partial charge in [-0.2, -0.15) is 13.8 Å². The van der Waals surface area contributed by atoms with Crippen molar-refractivity contribution in [2.45, 2.75) is 32.0 Å². The molecule has 1 unspecified atom stereocenters. The van der Waals surface area contributed by atoms with Crippen molar-refractivity contribution in [2.75, 3.05) is 13.7 Å². The molecule has 2 aromatic rings. The van der Waals surface area contributed by atoms with Crippen molar-refractivity contribution in [1.82, 2.24) is 20.8 Å². The molecule has 1 saturated heterocycles. The number of nitrogens with one attached hydrogen (secondary N) is 2. The summed E-state index contributed by atoms with van der Waals surface area (Å²) in [5, 5.41) is 9.66. The Morgan fingerprint density at radius 2 is 2.26 bits per heavy atom. The Bertz CT molecular complexity index is 769. The Morgan fingerprint density at radius 1 is 1.44 bits per heavy atom. The lowest BCUT2D eigenvalue weighted by Gasteiger charge is -2.10. The molecule has 0 saturated carbocycles. The number of benzene rings is 1. The molecule has 1 aromatic heterocycles. The van der Waals surface area contributed by atoms with Crippen LogP contribution in [-0.2, 0) is 11.3 Å². The fourth-order valence-electron chi connectivity index (χ4n) is 2.64. The van der Waals surface area contributed by atoms with Crippen LogP contribution >= 0.6 is 12.4 Å². The molecule has 1 atom stereocenters. The molecule has 27 heavy (non-hydrogen) atoms. The number of carbonyl (C=O) groups excluding carboxylic acids is 1. The number of aromatic nitrogens is 2. The first-order valence-electron chi connectivity index (χ1n) is 8.03. The average Bonchev–Trinajstić information content (AvgIpc) is 3.31. The maximum atomic E-state index is 12.4. The zero-order chi connectivity index (χ0) is 18.5. The second-order valence-electron chi connectivity index (χ2n) is 5.62. The molecule has 0 spiro atoms. The van der Waals surface area contributed by atoms with Gasteiger partial charge in [0.05, 0.1) is 19.7 Å². The third kappa shape index (κ3) is 5.27. The number of halogens is 3. The second kappa shape index (κ2) is 9.47. The minimum atomic E-state index is -2.95. The zero-order valence-corrected chi connectivity index (χ0v) is 15.2. The van der Waals surface area contributed by atoms with Crippen LogP contribution in [0.25, 0.3) is 11.4 Å². The largest absolute Gasteiger partial charge is 0.493 e. The molecule has 1 fully saturated rings. The summed E-state index contributed by atoms with van der Waals surface area (Å²) in [6, 6.07) is 4.12. The first kappa shape index (κ1) is 20.8. The predicted molar refractivity (Wildman–Crippen MR) is 93.0 cm³/mol. The van der Waals surface area contributed by atoms with Gasteiger partial charge < -0.3 is 24.6 Å². The fraction of sp³-hybridized carbons (Fsp3) is 0.438. The van der Waals surface area contributed by atoms with Crippen molar-refractivity contribution in [1.29, 1.82) is 0 Å². The van der Waals surface area contributed by atoms with Gasteiger partial charge in [-0.05, 0) is 37.6 Å². The number of hydrogen-bond acceptors (Lipinski definition) is 7. The van der Waals surface area contributed by atoms with Crippen LogP contribution < -0.4 is 20.1 Å². The Morgan fingerprint density at radius 3 is 2.93 bits per heavy atom. The quantitative estimate of drug-likeness (QED) is 0.729. The van der Waals surface area contributed by atoms with E-state index in [4.69, 9.17) is 9.26 Å². The molecule has 1 aromatic carbocycles. The third-order valence-corrected chi connectivity index (χ3v) is 3.90. The summed E-state index contributed by atoms with van der Waals surface area (Å²) >= 11 is 0. The van der Waals surface area contributed by atoms with Gasteiger partial charge in [-0.1, -0.05) is 5.16 Å². The van der Waals surface area contributed by atoms with E-state index >= 15 is 0 Å². The van der Waals surface area contributed by atoms with E-state index in [-0.39, 0.29) is 54.1 Å². The van der Waals surface area contributed by atoms with Crippen molar-refractivity contribution in [3.8, 4) is 22.9 Å². The van der Waals surface area contributed by atoms with Gasteiger partial charge in [-0.25, -0.2) is 0 Å². The van der Waals surface area contributed by atoms with Crippen molar-refractivity contribution in [3.05, 3.63) is 24.1 Å². The van der Waals surface area contributed by atoms with Crippen LogP contribution in [0.1, 0.15) is 18.7 Å². The van der Waals surface area contributed by atoms with E-state index < -0.39 is 6.61 Å². The second-order valence-corrected chi connectivity index (χ2v) is 5.62. The van der Waals surface area contributed by atoms with Crippen molar-refractivity contribution >= 4 is 18.3 Å². The van der Waals surface area contributed by atoms with E-state index in [1.54, 1.807) is 0 Å². The Balaban J connectivity index is 0.00000261. The molecule has 0 bridgehead atoms. The van der Waals surface area contributed by atoms with Crippen LogP contribution in [-0.4, -0.2) is 42.4 Å². The van der Waals surface area contributed by atoms with Gasteiger partial charge in [0.2, 0.25) is 17.6 Å². The lowest BCUT2D eigenvalue weighted by Crippen LogP contribution is -2.40. The number of amides is 1. The molecule has 1 aliphatic rings. The molecule has 11 heteroatoms. The van der Waals surface area contributed by atoms with Crippen molar-refractivity contribution in [3.63, 3.8) is 0 Å². The van der Waals surface area contributed by atoms with Gasteiger partial charge in [-0.3, -0.25) is 4.79 Å². The minimum Gasteiger partial charge on any atom is -0.493 e. The normalized spacial score (nSPS) is 16.1. The SMILES string of the molecule is COc1cc(-c2noc(CNC(=O)C3CCCN3)n2)ccc1OC(F)F.Cl. The van der Waals surface area contributed by atoms with Crippen LogP contribution in [0.4, 0.5) is 8.78 Å². The lowest BCUT2D eigenvalue weighted by molar-refractivity contribution is -0.123. The molecule has 1 amide bonds. The van der Waals surface area contributed by atoms with Gasteiger partial charge in [0.25, 0.3) is 0 Å². The molecule has 0 aliphatic carbocycles. The number of alkyl halides is 2. The molecule has 8 nitrogen and oxygen atoms in total. The standard InChI is InChI=1S/C16H18F2N4O4.ClH/c1-24-12-7-9(4-5-11(12)25-16(17)18)14-21-13(26-22-14)8-20-15(23)10-3-2-6-19-10;/h4-5,7,10,16,19H,2-3,6,8H2,1H3,(H,20,23);1H. The van der Waals surface area contributed by atoms with Crippen LogP contribution in [0.3, 0.4) is 0 Å². The highest BCUT2D eigenvalue weighted by atomic mass is 35.5. The molecule has 1 aliphatic heterocycles. The van der Waals surface area contributed by atoms with Gasteiger partial charge in [-0.15, -0.1) is 12.4 Å². The summed E-state index contributed by atoms with van der Waals surface area (Å²) in [4.78, 5) is 16.1. The number of ether oxygens (including phenoxy) is 2. The number of carbonyl (C=O) groups is 1. The zero-order valence-electron chi connectivity index (χ0n) is 14.4. The minimum absolute atomic E-state index is 0. The van der Waals surface area contributed by atoms with Crippen LogP contribution in [0, 0.1) is 0 Å². The summed E-state index contributed by atoms with van der Waals surface area (Å²) in [5.41, 5.74) is 0.502. The topological polar surface area (TPSA) is 98.5 Å². The molecular formula is C16H19ClF2N4O4. The van der Waals surface area contributed by atoms with E-state index in [0.717, 1.165) is 19.4 Å². The summed E-state index contributed by atoms with van der Waals surface area (Å²) in [5.74, 6) is 0.395. The smallest absolute Gasteiger partial charge is 0.387 e. The lowest BCUT2D eigenvalue weighted by atomic mass is 10.2. The fourth-order valence-corrected chi connectivity index (χ4v) is 2.64. The van der Waals surface area contributed by atoms with Crippen LogP contribution in [0.5, 0.6) is 11.5 Å². The molecule has 148 valence electrons. The maximum absolute atomic E-state index is 12.4. The maximum Gasteiger partial charge on any atom is 0.387 e. The first-order valence-corrected chi connectivity index (χ1v) is 8.03. The highest BCUT2D eigenvalue weighted by Crippen LogP contribution is 2.32. The highest BCUT2D eigenvalue weighted by Gasteiger charge is 2.22. The van der Waals surface area contributed by atoms with Crippen molar-refractivity contribution in [2.24, 2.45) is 0 Å². The van der Waals surface area contributed by atoms with Crippen LogP contribution in [0.2, 0.25) is 0 Å². The number of rotatable bonds is 7. The molecular weight excluding hydrogens is 386 g/mol. The van der Waals surface area contributed by atoms with E-state index in [9.17, 15) is 13.6 Å². The summed E-state index contributed by atoms with van der Waals surface area (Å²) < 4.78 is 39.3. The van der Waals surface area contributed by atoms with Gasteiger partial charge in [0.15, 0.2) is 11.5 Å². The van der Waals surface area contributed by atoms with Gasteiger partial charge in [0.1, 0.15) is 0 Å². The van der Waals surface area contributed by atoms with E-state index in [1.165, 1.54) is 25.3 Å². The van der Waals surface area contributed by atoms with E-state index in [2.05, 4.69) is 25.5 Å². The summed E-state index contributed by atoms with van der Waals surface area (Å²) in [6.07, 6.45) is 1.77. The van der Waals surface area contributed by atoms with E-state index in [0.29, 0.717) is 5.56 Å². The summed E-state index contributed by atoms with van der Waals surface area (Å²) in [6.45, 7) is -2.02.